The quantitative estimate of drug-likeness (QED) is 0.136. The van der Waals surface area contributed by atoms with E-state index in [1.807, 2.05) is 50.1 Å². The molecule has 8 aliphatic rings. The maximum Gasteiger partial charge on any atom is 0.394 e. The van der Waals surface area contributed by atoms with E-state index in [1.54, 1.807) is 7.11 Å². The highest BCUT2D eigenvalue weighted by Gasteiger charge is 2.81. The van der Waals surface area contributed by atoms with Gasteiger partial charge in [-0.3, -0.25) is 33.5 Å². The van der Waals surface area contributed by atoms with Crippen LogP contribution in [0.15, 0.2) is 53.5 Å². The number of aliphatic hydroxyl groups is 2. The van der Waals surface area contributed by atoms with Gasteiger partial charge in [-0.1, -0.05) is 44.2 Å². The molecule has 6 aliphatic heterocycles. The van der Waals surface area contributed by atoms with Crippen LogP contribution in [0.25, 0.3) is 0 Å². The number of hydrogen-bond donors (Lipinski definition) is 4. The number of anilines is 1. The number of methoxy groups -OCH3 is 3. The molecule has 5 fully saturated rings. The molecule has 11 atom stereocenters. The highest BCUT2D eigenvalue weighted by Crippen LogP contribution is 2.69. The predicted octanol–water partition coefficient (Wildman–Crippen LogP) is 3.06. The Kier molecular flexibility index (Phi) is 10.3. The first-order valence-electron chi connectivity index (χ1n) is 22.0. The minimum absolute atomic E-state index is 0.0261. The van der Waals surface area contributed by atoms with Gasteiger partial charge in [0.05, 0.1) is 49.8 Å². The Morgan fingerprint density at radius 3 is 2.22 bits per heavy atom. The fourth-order valence-electron chi connectivity index (χ4n) is 14.9. The molecule has 6 heterocycles. The van der Waals surface area contributed by atoms with Gasteiger partial charge >= 0.3 is 28.3 Å². The summed E-state index contributed by atoms with van der Waals surface area (Å²) in [6.07, 6.45) is 6.07. The van der Waals surface area contributed by atoms with Crippen LogP contribution in [0, 0.1) is 11.3 Å². The number of rotatable bonds is 7. The maximum absolute atomic E-state index is 15.3. The van der Waals surface area contributed by atoms with Crippen molar-refractivity contribution >= 4 is 45.4 Å². The van der Waals surface area contributed by atoms with Crippen LogP contribution in [-0.2, 0) is 55.2 Å². The Labute approximate surface area is 373 Å². The summed E-state index contributed by atoms with van der Waals surface area (Å²) in [5, 5.41) is 25.4. The van der Waals surface area contributed by atoms with Crippen molar-refractivity contribution < 1.29 is 61.1 Å². The van der Waals surface area contributed by atoms with E-state index in [9.17, 15) is 19.8 Å². The lowest BCUT2D eigenvalue weighted by molar-refractivity contribution is -0.228. The topological polar surface area (TPSA) is 225 Å². The van der Waals surface area contributed by atoms with Gasteiger partial charge in [-0.15, -0.1) is 0 Å². The second kappa shape index (κ2) is 14.8. The number of carbonyl (C=O) groups excluding carboxylic acids is 3. The van der Waals surface area contributed by atoms with Crippen LogP contribution in [0.3, 0.4) is 0 Å². The van der Waals surface area contributed by atoms with Gasteiger partial charge in [-0.25, -0.2) is 4.79 Å². The zero-order valence-electron chi connectivity index (χ0n) is 37.2. The molecule has 2 aromatic carbocycles. The first kappa shape index (κ1) is 44.8. The molecule has 0 aromatic heterocycles. The van der Waals surface area contributed by atoms with E-state index < -0.39 is 73.3 Å². The average molecular weight is 907 g/mol. The van der Waals surface area contributed by atoms with Gasteiger partial charge in [-0.05, 0) is 80.8 Å². The maximum atomic E-state index is 15.3. The number of ether oxygens (including phenoxy) is 4. The summed E-state index contributed by atoms with van der Waals surface area (Å²) in [7, 11) is 1.49. The van der Waals surface area contributed by atoms with Gasteiger partial charge in [0.1, 0.15) is 11.2 Å². The molecule has 18 heteroatoms. The molecule has 0 unspecified atom stereocenters. The van der Waals surface area contributed by atoms with Crippen molar-refractivity contribution in [1.82, 2.24) is 9.80 Å². The van der Waals surface area contributed by atoms with E-state index in [0.29, 0.717) is 63.1 Å². The number of likely N-dealkylation sites (N-methyl/N-ethyl adjacent to an activating group) is 1. The van der Waals surface area contributed by atoms with Gasteiger partial charge in [0.25, 0.3) is 0 Å². The Balaban J connectivity index is 0.000000984. The van der Waals surface area contributed by atoms with Crippen molar-refractivity contribution in [3.05, 3.63) is 65.2 Å². The van der Waals surface area contributed by atoms with Crippen molar-refractivity contribution in [2.24, 2.45) is 16.3 Å². The molecule has 0 amide bonds. The Bertz CT molecular complexity index is 2490. The summed E-state index contributed by atoms with van der Waals surface area (Å²) < 4.78 is 55.5. The lowest BCUT2D eigenvalue weighted by atomic mass is 9.47. The molecule has 2 spiro atoms. The molecule has 4 N–H and O–H groups in total. The molecule has 64 heavy (non-hydrogen) atoms. The number of piperidine rings is 1. The number of nitrogens with zero attached hydrogens (tertiary/aromatic N) is 4. The second-order valence-corrected chi connectivity index (χ2v) is 20.0. The van der Waals surface area contributed by atoms with Gasteiger partial charge in [0.15, 0.2) is 6.10 Å². The minimum Gasteiger partial charge on any atom is -0.496 e. The molecule has 17 nitrogen and oxygen atoms in total. The smallest absolute Gasteiger partial charge is 0.394 e. The third-order valence-corrected chi connectivity index (χ3v) is 16.7. The van der Waals surface area contributed by atoms with Crippen molar-refractivity contribution in [2.45, 2.75) is 111 Å². The van der Waals surface area contributed by atoms with Crippen molar-refractivity contribution in [3.8, 4) is 5.75 Å². The Morgan fingerprint density at radius 2 is 1.58 bits per heavy atom. The highest BCUT2D eigenvalue weighted by molar-refractivity contribution is 7.79. The minimum atomic E-state index is -4.67. The van der Waals surface area contributed by atoms with Crippen LogP contribution in [0.5, 0.6) is 5.75 Å². The highest BCUT2D eigenvalue weighted by atomic mass is 32.3. The summed E-state index contributed by atoms with van der Waals surface area (Å²) >= 11 is 0. The summed E-state index contributed by atoms with van der Waals surface area (Å²) in [6.45, 7) is 7.98. The van der Waals surface area contributed by atoms with Crippen molar-refractivity contribution in [3.63, 3.8) is 0 Å². The molecule has 10 rings (SSSR count). The summed E-state index contributed by atoms with van der Waals surface area (Å²) in [5.74, 6) is -1.56. The fraction of sp³-hybridized carbons (Fsp3) is 0.609. The van der Waals surface area contributed by atoms with Crippen LogP contribution >= 0.6 is 0 Å². The largest absolute Gasteiger partial charge is 0.496 e. The number of aliphatic imine (C=N–C) groups is 1. The Hall–Kier alpha value is -4.43. The number of hydrogen-bond acceptors (Lipinski definition) is 15. The third kappa shape index (κ3) is 5.65. The normalized spacial score (nSPS) is 38.6. The second-order valence-electron chi connectivity index (χ2n) is 19.2. The fourth-order valence-corrected chi connectivity index (χ4v) is 14.9. The van der Waals surface area contributed by atoms with E-state index in [0.717, 1.165) is 41.2 Å². The summed E-state index contributed by atoms with van der Waals surface area (Å²) in [5.41, 5.74) is -2.23. The molecule has 0 bridgehead atoms. The number of benzene rings is 2. The molecule has 0 radical (unpaired) electrons. The first-order chi connectivity index (χ1) is 30.2. The van der Waals surface area contributed by atoms with E-state index in [4.69, 9.17) is 41.5 Å². The molecule has 3 saturated heterocycles. The van der Waals surface area contributed by atoms with E-state index in [2.05, 4.69) is 34.1 Å². The number of esters is 3. The number of fused-ring (bicyclic) bond motifs is 2. The molecule has 2 aliphatic carbocycles. The monoisotopic (exact) mass is 906 g/mol. The molecular formula is C46H58N4O13S. The van der Waals surface area contributed by atoms with Gasteiger partial charge in [0, 0.05) is 67.3 Å². The third-order valence-electron chi connectivity index (χ3n) is 16.7. The van der Waals surface area contributed by atoms with Crippen molar-refractivity contribution in [2.75, 3.05) is 59.5 Å². The molecular weight excluding hydrogens is 849 g/mol. The number of carbonyl (C=O) groups is 3. The lowest BCUT2D eigenvalue weighted by Crippen LogP contribution is -2.81. The van der Waals surface area contributed by atoms with Crippen molar-refractivity contribution in [1.29, 1.82) is 0 Å². The first-order valence-corrected chi connectivity index (χ1v) is 23.4. The van der Waals surface area contributed by atoms with Crippen LogP contribution in [-0.4, -0.2) is 151 Å². The average Bonchev–Trinajstić information content (AvgIpc) is 4.01. The zero-order chi connectivity index (χ0) is 46.2. The van der Waals surface area contributed by atoms with E-state index >= 15 is 4.79 Å². The molecule has 346 valence electrons. The summed E-state index contributed by atoms with van der Waals surface area (Å²) in [4.78, 5) is 55.0. The van der Waals surface area contributed by atoms with Crippen LogP contribution in [0.4, 0.5) is 11.4 Å². The van der Waals surface area contributed by atoms with Crippen LogP contribution in [0.1, 0.15) is 76.0 Å². The zero-order valence-corrected chi connectivity index (χ0v) is 38.1. The molecule has 2 aromatic rings. The summed E-state index contributed by atoms with van der Waals surface area (Å²) in [6, 6.07) is 11.1. The molecule has 2 saturated carbocycles. The van der Waals surface area contributed by atoms with Gasteiger partial charge < -0.3 is 34.1 Å². The Morgan fingerprint density at radius 1 is 0.891 bits per heavy atom. The number of para-hydroxylation sites is 1. The van der Waals surface area contributed by atoms with E-state index in [1.165, 1.54) is 21.1 Å². The van der Waals surface area contributed by atoms with Gasteiger partial charge in [-0.2, -0.15) is 8.42 Å². The lowest BCUT2D eigenvalue weighted by Gasteiger charge is -2.63. The van der Waals surface area contributed by atoms with Crippen LogP contribution in [0.2, 0.25) is 0 Å². The van der Waals surface area contributed by atoms with Gasteiger partial charge in [0.2, 0.25) is 5.60 Å². The van der Waals surface area contributed by atoms with E-state index in [-0.39, 0.29) is 18.0 Å². The SMILES string of the molecule is CC[C@]1(O)C[C@H]2C[C@](C(=O)OC)(c3cc4c(cc3OC)N(C)[C@H]3[C@@](O)(C(=O)OC)[C@H](OC(C)=O)[C@]5(CC)C=CCN6CC[C@]43[C@@H]65)C3=Nc4ccccc4[C@@]34CCN(C1)[C@@H]24.O=S(=O)(O)O. The van der Waals surface area contributed by atoms with Crippen LogP contribution < -0.4 is 9.64 Å². The predicted molar refractivity (Wildman–Crippen MR) is 232 cm³/mol. The standard InChI is InChI=1S/C46H56N4O9.H2O4S/c1-8-41(54)23-27-24-45(39(52)57-6,35-43(16-20-50(25-41)34(27)43)28-13-10-11-14-31(28)47-35)30-21-29-32(22-33(30)56-5)48(4)37-44(29)17-19-49-18-12-15-42(9-2,36(44)49)38(59-26(3)51)46(37,55)40(53)58-7;1-5(2,3)4/h10-15,21-22,27,34,36-38,54-55H,8-9,16-20,23-25H2,1-7H3;(H2,1,2,3,4)/t27-,34-,36-,37+,38+,41-,42+,43+,44+,45-,46-;/m0./s1.